The molecule has 0 saturated carbocycles. The Morgan fingerprint density at radius 2 is 1.89 bits per heavy atom. The summed E-state index contributed by atoms with van der Waals surface area (Å²) in [5.74, 6) is 1.86. The lowest BCUT2D eigenvalue weighted by Crippen LogP contribution is -1.96. The fourth-order valence-electron chi connectivity index (χ4n) is 1.39. The molecule has 0 fully saturated rings. The van der Waals surface area contributed by atoms with E-state index in [2.05, 4.69) is 36.8 Å². The van der Waals surface area contributed by atoms with Crippen LogP contribution in [-0.2, 0) is 0 Å². The van der Waals surface area contributed by atoms with Gasteiger partial charge in [-0.1, -0.05) is 12.1 Å². The number of hydrogen-bond donors (Lipinski definition) is 0. The van der Waals surface area contributed by atoms with Gasteiger partial charge < -0.3 is 9.47 Å². The predicted octanol–water partition coefficient (Wildman–Crippen LogP) is 4.80. The average molecular weight is 373 g/mol. The van der Waals surface area contributed by atoms with Gasteiger partial charge in [-0.15, -0.1) is 0 Å². The number of nitrogens with zero attached hydrogens (tertiary/aromatic N) is 1. The minimum absolute atomic E-state index is 0.505. The van der Waals surface area contributed by atoms with Crippen LogP contribution in [0.5, 0.6) is 17.4 Å². The third-order valence-corrected chi connectivity index (χ3v) is 3.13. The zero-order chi connectivity index (χ0) is 13.0. The molecule has 0 unspecified atom stereocenters. The van der Waals surface area contributed by atoms with Crippen LogP contribution in [0.1, 0.15) is 6.92 Å². The molecule has 0 N–H and O–H groups in total. The Kier molecular flexibility index (Phi) is 4.60. The van der Waals surface area contributed by atoms with Crippen molar-refractivity contribution in [2.45, 2.75) is 6.92 Å². The first-order chi connectivity index (χ1) is 8.70. The highest BCUT2D eigenvalue weighted by atomic mass is 79.9. The van der Waals surface area contributed by atoms with Crippen LogP contribution in [0.3, 0.4) is 0 Å². The van der Waals surface area contributed by atoms with Crippen molar-refractivity contribution in [3.05, 3.63) is 45.5 Å². The fourth-order valence-corrected chi connectivity index (χ4v) is 2.46. The molecule has 0 saturated heterocycles. The summed E-state index contributed by atoms with van der Waals surface area (Å²) >= 11 is 6.76. The molecule has 0 amide bonds. The normalized spacial score (nSPS) is 10.2. The monoisotopic (exact) mass is 371 g/mol. The van der Waals surface area contributed by atoms with Crippen molar-refractivity contribution in [2.24, 2.45) is 0 Å². The summed E-state index contributed by atoms with van der Waals surface area (Å²) in [6.07, 6.45) is 1.68. The van der Waals surface area contributed by atoms with Gasteiger partial charge in [-0.3, -0.25) is 0 Å². The van der Waals surface area contributed by atoms with Crippen LogP contribution in [0.25, 0.3) is 0 Å². The molecule has 2 aromatic rings. The SMILES string of the molecule is CCOc1ccccc1Oc1ncc(Br)cc1Br. The molecular weight excluding hydrogens is 362 g/mol. The fraction of sp³-hybridized carbons (Fsp3) is 0.154. The molecule has 3 nitrogen and oxygen atoms in total. The minimum Gasteiger partial charge on any atom is -0.490 e. The van der Waals surface area contributed by atoms with Gasteiger partial charge in [-0.25, -0.2) is 4.98 Å². The minimum atomic E-state index is 0.505. The zero-order valence-electron chi connectivity index (χ0n) is 9.69. The molecule has 0 aliphatic heterocycles. The first-order valence-electron chi connectivity index (χ1n) is 5.41. The Morgan fingerprint density at radius 3 is 2.56 bits per heavy atom. The molecule has 1 aromatic carbocycles. The smallest absolute Gasteiger partial charge is 0.233 e. The maximum Gasteiger partial charge on any atom is 0.233 e. The molecule has 0 atom stereocenters. The number of pyridine rings is 1. The Balaban J connectivity index is 2.28. The molecule has 0 spiro atoms. The van der Waals surface area contributed by atoms with Gasteiger partial charge in [0.15, 0.2) is 11.5 Å². The van der Waals surface area contributed by atoms with Crippen molar-refractivity contribution in [1.29, 1.82) is 0 Å². The molecule has 0 radical (unpaired) electrons. The molecule has 0 aliphatic rings. The lowest BCUT2D eigenvalue weighted by molar-refractivity contribution is 0.319. The molecule has 0 bridgehead atoms. The van der Waals surface area contributed by atoms with Crippen LogP contribution >= 0.6 is 31.9 Å². The van der Waals surface area contributed by atoms with Crippen LogP contribution in [-0.4, -0.2) is 11.6 Å². The van der Waals surface area contributed by atoms with Gasteiger partial charge in [0.25, 0.3) is 0 Å². The van der Waals surface area contributed by atoms with E-state index in [1.165, 1.54) is 0 Å². The topological polar surface area (TPSA) is 31.4 Å². The number of rotatable bonds is 4. The van der Waals surface area contributed by atoms with E-state index in [0.717, 1.165) is 8.95 Å². The van der Waals surface area contributed by atoms with Crippen molar-refractivity contribution < 1.29 is 9.47 Å². The number of hydrogen-bond acceptors (Lipinski definition) is 3. The van der Waals surface area contributed by atoms with Crippen LogP contribution in [0.4, 0.5) is 0 Å². The average Bonchev–Trinajstić information content (AvgIpc) is 2.35. The lowest BCUT2D eigenvalue weighted by Gasteiger charge is -2.11. The van der Waals surface area contributed by atoms with E-state index in [4.69, 9.17) is 9.47 Å². The van der Waals surface area contributed by atoms with Gasteiger partial charge in [-0.2, -0.15) is 0 Å². The second kappa shape index (κ2) is 6.20. The second-order valence-electron chi connectivity index (χ2n) is 3.42. The van der Waals surface area contributed by atoms with E-state index in [0.29, 0.717) is 24.0 Å². The summed E-state index contributed by atoms with van der Waals surface area (Å²) in [6, 6.07) is 9.39. The number of aromatic nitrogens is 1. The largest absolute Gasteiger partial charge is 0.490 e. The predicted molar refractivity (Wildman–Crippen MR) is 77.3 cm³/mol. The van der Waals surface area contributed by atoms with Crippen molar-refractivity contribution in [3.8, 4) is 17.4 Å². The highest BCUT2D eigenvalue weighted by Gasteiger charge is 2.09. The molecular formula is C13H11Br2NO2. The van der Waals surface area contributed by atoms with E-state index < -0.39 is 0 Å². The van der Waals surface area contributed by atoms with Crippen molar-refractivity contribution in [1.82, 2.24) is 4.98 Å². The van der Waals surface area contributed by atoms with E-state index in [-0.39, 0.29) is 0 Å². The molecule has 94 valence electrons. The summed E-state index contributed by atoms with van der Waals surface area (Å²) in [4.78, 5) is 4.20. The molecule has 2 rings (SSSR count). The summed E-state index contributed by atoms with van der Waals surface area (Å²) < 4.78 is 12.9. The van der Waals surface area contributed by atoms with Gasteiger partial charge >= 0.3 is 0 Å². The van der Waals surface area contributed by atoms with Gasteiger partial charge in [0.1, 0.15) is 0 Å². The van der Waals surface area contributed by atoms with Crippen LogP contribution in [0, 0.1) is 0 Å². The Bertz CT molecular complexity index is 546. The van der Waals surface area contributed by atoms with Crippen molar-refractivity contribution in [2.75, 3.05) is 6.61 Å². The van der Waals surface area contributed by atoms with Crippen LogP contribution in [0.2, 0.25) is 0 Å². The maximum atomic E-state index is 5.74. The Hall–Kier alpha value is -1.07. The first kappa shape index (κ1) is 13.4. The summed E-state index contributed by atoms with van der Waals surface area (Å²) in [5.41, 5.74) is 0. The Morgan fingerprint density at radius 1 is 1.17 bits per heavy atom. The van der Waals surface area contributed by atoms with E-state index in [9.17, 15) is 0 Å². The van der Waals surface area contributed by atoms with Crippen molar-refractivity contribution in [3.63, 3.8) is 0 Å². The summed E-state index contributed by atoms with van der Waals surface area (Å²) in [7, 11) is 0. The van der Waals surface area contributed by atoms with E-state index >= 15 is 0 Å². The molecule has 1 heterocycles. The van der Waals surface area contributed by atoms with Gasteiger partial charge in [0.05, 0.1) is 11.1 Å². The lowest BCUT2D eigenvalue weighted by atomic mass is 10.3. The van der Waals surface area contributed by atoms with E-state index in [1.807, 2.05) is 37.3 Å². The molecule has 0 aliphatic carbocycles. The van der Waals surface area contributed by atoms with Gasteiger partial charge in [-0.05, 0) is 57.0 Å². The maximum absolute atomic E-state index is 5.74. The molecule has 18 heavy (non-hydrogen) atoms. The van der Waals surface area contributed by atoms with Gasteiger partial charge in [0, 0.05) is 10.7 Å². The quantitative estimate of drug-likeness (QED) is 0.772. The summed E-state index contributed by atoms with van der Waals surface area (Å²) in [6.45, 7) is 2.53. The van der Waals surface area contributed by atoms with E-state index in [1.54, 1.807) is 6.20 Å². The van der Waals surface area contributed by atoms with Crippen LogP contribution < -0.4 is 9.47 Å². The number of ether oxygens (including phenoxy) is 2. The Labute approximate surface area is 122 Å². The van der Waals surface area contributed by atoms with Gasteiger partial charge in [0.2, 0.25) is 5.88 Å². The zero-order valence-corrected chi connectivity index (χ0v) is 12.9. The molecule has 1 aromatic heterocycles. The number of para-hydroxylation sites is 2. The highest BCUT2D eigenvalue weighted by Crippen LogP contribution is 2.34. The first-order valence-corrected chi connectivity index (χ1v) is 7.00. The second-order valence-corrected chi connectivity index (χ2v) is 5.19. The third kappa shape index (κ3) is 3.23. The standard InChI is InChI=1S/C13H11Br2NO2/c1-2-17-11-5-3-4-6-12(11)18-13-10(15)7-9(14)8-16-13/h3-8H,2H2,1H3. The summed E-state index contributed by atoms with van der Waals surface area (Å²) in [5, 5.41) is 0. The molecule has 5 heteroatoms. The number of halogens is 2. The van der Waals surface area contributed by atoms with Crippen LogP contribution in [0.15, 0.2) is 45.5 Å². The highest BCUT2D eigenvalue weighted by molar-refractivity contribution is 9.11. The van der Waals surface area contributed by atoms with Crippen molar-refractivity contribution >= 4 is 31.9 Å². The number of benzene rings is 1. The third-order valence-electron chi connectivity index (χ3n) is 2.13.